The molecule has 0 aliphatic heterocycles. The van der Waals surface area contributed by atoms with Crippen molar-refractivity contribution in [3.05, 3.63) is 30.1 Å². The zero-order valence-corrected chi connectivity index (χ0v) is 9.95. The number of aromatic nitrogens is 5. The van der Waals surface area contributed by atoms with Crippen molar-refractivity contribution in [2.45, 2.75) is 26.9 Å². The van der Waals surface area contributed by atoms with Crippen LogP contribution in [-0.2, 0) is 13.1 Å². The van der Waals surface area contributed by atoms with Crippen LogP contribution in [0.1, 0.15) is 30.0 Å². The third kappa shape index (κ3) is 2.77. The number of hydrogen-bond acceptors (Lipinski definition) is 4. The first-order valence-electron chi connectivity index (χ1n) is 5.53. The van der Waals surface area contributed by atoms with E-state index >= 15 is 0 Å². The molecule has 0 saturated carbocycles. The third-order valence-electron chi connectivity index (χ3n) is 2.33. The Morgan fingerprint density at radius 3 is 2.88 bits per heavy atom. The Morgan fingerprint density at radius 1 is 1.41 bits per heavy atom. The molecule has 2 rings (SSSR count). The van der Waals surface area contributed by atoms with Crippen molar-refractivity contribution in [2.24, 2.45) is 5.92 Å². The molecule has 0 fully saturated rings. The van der Waals surface area contributed by atoms with E-state index in [9.17, 15) is 4.79 Å². The highest BCUT2D eigenvalue weighted by molar-refractivity contribution is 5.73. The molecule has 6 nitrogen and oxygen atoms in total. The first-order valence-corrected chi connectivity index (χ1v) is 5.53. The molecule has 0 atom stereocenters. The molecule has 0 aliphatic rings. The van der Waals surface area contributed by atoms with Crippen molar-refractivity contribution in [3.8, 4) is 0 Å². The lowest BCUT2D eigenvalue weighted by Crippen LogP contribution is -2.13. The molecule has 0 unspecified atom stereocenters. The van der Waals surface area contributed by atoms with Gasteiger partial charge in [0.1, 0.15) is 18.7 Å². The Morgan fingerprint density at radius 2 is 2.24 bits per heavy atom. The third-order valence-corrected chi connectivity index (χ3v) is 2.33. The lowest BCUT2D eigenvalue weighted by Gasteiger charge is -2.08. The van der Waals surface area contributed by atoms with Crippen LogP contribution in [0.25, 0.3) is 0 Å². The fourth-order valence-corrected chi connectivity index (χ4v) is 1.58. The van der Waals surface area contributed by atoms with Gasteiger partial charge in [-0.1, -0.05) is 13.8 Å². The number of nitrogens with zero attached hydrogens (tertiary/aromatic N) is 5. The van der Waals surface area contributed by atoms with Crippen molar-refractivity contribution >= 4 is 6.29 Å². The summed E-state index contributed by atoms with van der Waals surface area (Å²) in [7, 11) is 0. The van der Waals surface area contributed by atoms with Gasteiger partial charge in [-0.15, -0.1) is 0 Å². The number of hydrogen-bond donors (Lipinski definition) is 0. The van der Waals surface area contributed by atoms with Crippen LogP contribution in [-0.4, -0.2) is 30.8 Å². The fraction of sp³-hybridized carbons (Fsp3) is 0.455. The Kier molecular flexibility index (Phi) is 3.32. The quantitative estimate of drug-likeness (QED) is 0.722. The van der Waals surface area contributed by atoms with E-state index in [2.05, 4.69) is 29.0 Å². The van der Waals surface area contributed by atoms with Gasteiger partial charge in [0.25, 0.3) is 0 Å². The van der Waals surface area contributed by atoms with E-state index in [1.54, 1.807) is 17.2 Å². The second kappa shape index (κ2) is 4.90. The zero-order chi connectivity index (χ0) is 12.3. The van der Waals surface area contributed by atoms with Crippen molar-refractivity contribution < 1.29 is 4.79 Å². The summed E-state index contributed by atoms with van der Waals surface area (Å²) in [6.45, 7) is 5.62. The minimum absolute atomic E-state index is 0.513. The highest BCUT2D eigenvalue weighted by Gasteiger charge is 2.07. The van der Waals surface area contributed by atoms with E-state index in [1.807, 2.05) is 4.68 Å². The molecule has 2 aromatic heterocycles. The summed E-state index contributed by atoms with van der Waals surface area (Å²) in [5, 5.41) is 8.26. The first kappa shape index (κ1) is 11.5. The molecule has 0 spiro atoms. The molecule has 0 bridgehead atoms. The molecule has 6 heteroatoms. The lowest BCUT2D eigenvalue weighted by atomic mass is 10.2. The van der Waals surface area contributed by atoms with Gasteiger partial charge in [-0.3, -0.25) is 9.48 Å². The first-order chi connectivity index (χ1) is 8.19. The molecule has 0 amide bonds. The van der Waals surface area contributed by atoms with Crippen LogP contribution in [0, 0.1) is 5.92 Å². The Bertz CT molecular complexity index is 499. The maximum Gasteiger partial charge on any atom is 0.153 e. The lowest BCUT2D eigenvalue weighted by molar-refractivity contribution is 0.112. The molecule has 90 valence electrons. The van der Waals surface area contributed by atoms with Crippen LogP contribution in [0.4, 0.5) is 0 Å². The largest absolute Gasteiger partial charge is 0.298 e. The predicted octanol–water partition coefficient (Wildman–Crippen LogP) is 0.991. The van der Waals surface area contributed by atoms with Crippen LogP contribution in [0.2, 0.25) is 0 Å². The summed E-state index contributed by atoms with van der Waals surface area (Å²) in [4.78, 5) is 14.8. The van der Waals surface area contributed by atoms with Gasteiger partial charge in [0.15, 0.2) is 6.29 Å². The Labute approximate surface area is 99.3 Å². The summed E-state index contributed by atoms with van der Waals surface area (Å²) in [6.07, 6.45) is 5.56. The van der Waals surface area contributed by atoms with Gasteiger partial charge in [-0.05, 0) is 5.92 Å². The number of rotatable bonds is 5. The topological polar surface area (TPSA) is 65.6 Å². The molecule has 0 saturated heterocycles. The van der Waals surface area contributed by atoms with Gasteiger partial charge in [0.2, 0.25) is 0 Å². The van der Waals surface area contributed by atoms with Crippen LogP contribution in [0.15, 0.2) is 18.7 Å². The normalized spacial score (nSPS) is 11.0. The summed E-state index contributed by atoms with van der Waals surface area (Å²) in [6, 6.07) is 0. The highest BCUT2D eigenvalue weighted by Crippen LogP contribution is 2.03. The van der Waals surface area contributed by atoms with Gasteiger partial charge < -0.3 is 0 Å². The van der Waals surface area contributed by atoms with E-state index in [4.69, 9.17) is 0 Å². The molecule has 0 aliphatic carbocycles. The van der Waals surface area contributed by atoms with E-state index in [0.717, 1.165) is 18.7 Å². The van der Waals surface area contributed by atoms with Crippen LogP contribution < -0.4 is 0 Å². The standard InChI is InChI=1S/C11H15N5O/c1-9(2)4-16-11(12-8-14-16)6-15-5-10(7-17)3-13-15/h3,5,7-9H,4,6H2,1-2H3. The molecule has 0 radical (unpaired) electrons. The second-order valence-electron chi connectivity index (χ2n) is 4.34. The molecule has 2 heterocycles. The fourth-order valence-electron chi connectivity index (χ4n) is 1.58. The van der Waals surface area contributed by atoms with Crippen LogP contribution >= 0.6 is 0 Å². The summed E-state index contributed by atoms with van der Waals surface area (Å²) in [5.41, 5.74) is 0.569. The summed E-state index contributed by atoms with van der Waals surface area (Å²) in [5.74, 6) is 1.36. The molecule has 0 aromatic carbocycles. The van der Waals surface area contributed by atoms with Crippen molar-refractivity contribution in [1.82, 2.24) is 24.5 Å². The zero-order valence-electron chi connectivity index (χ0n) is 9.95. The van der Waals surface area contributed by atoms with E-state index < -0.39 is 0 Å². The average Bonchev–Trinajstić information content (AvgIpc) is 2.89. The van der Waals surface area contributed by atoms with Crippen molar-refractivity contribution in [1.29, 1.82) is 0 Å². The Balaban J connectivity index is 2.12. The summed E-state index contributed by atoms with van der Waals surface area (Å²) < 4.78 is 3.55. The molecular formula is C11H15N5O. The average molecular weight is 233 g/mol. The van der Waals surface area contributed by atoms with Crippen molar-refractivity contribution in [3.63, 3.8) is 0 Å². The van der Waals surface area contributed by atoms with E-state index in [0.29, 0.717) is 18.0 Å². The minimum Gasteiger partial charge on any atom is -0.298 e. The molecular weight excluding hydrogens is 218 g/mol. The molecule has 17 heavy (non-hydrogen) atoms. The van der Waals surface area contributed by atoms with Gasteiger partial charge in [0.05, 0.1) is 11.8 Å². The SMILES string of the molecule is CC(C)Cn1ncnc1Cn1cc(C=O)cn1. The second-order valence-corrected chi connectivity index (χ2v) is 4.34. The number of carbonyl (C=O) groups excluding carboxylic acids is 1. The number of carbonyl (C=O) groups is 1. The number of aldehydes is 1. The van der Waals surface area contributed by atoms with E-state index in [-0.39, 0.29) is 0 Å². The van der Waals surface area contributed by atoms with Crippen LogP contribution in [0.5, 0.6) is 0 Å². The van der Waals surface area contributed by atoms with Crippen molar-refractivity contribution in [2.75, 3.05) is 0 Å². The van der Waals surface area contributed by atoms with Crippen LogP contribution in [0.3, 0.4) is 0 Å². The van der Waals surface area contributed by atoms with Gasteiger partial charge >= 0.3 is 0 Å². The minimum atomic E-state index is 0.513. The maximum atomic E-state index is 10.5. The predicted molar refractivity (Wildman–Crippen MR) is 61.6 cm³/mol. The maximum absolute atomic E-state index is 10.5. The molecule has 2 aromatic rings. The molecule has 0 N–H and O–H groups in total. The monoisotopic (exact) mass is 233 g/mol. The van der Waals surface area contributed by atoms with E-state index in [1.165, 1.54) is 6.20 Å². The van der Waals surface area contributed by atoms with Gasteiger partial charge in [0, 0.05) is 12.7 Å². The smallest absolute Gasteiger partial charge is 0.153 e. The van der Waals surface area contributed by atoms with Gasteiger partial charge in [-0.25, -0.2) is 9.67 Å². The Hall–Kier alpha value is -1.98. The van der Waals surface area contributed by atoms with Gasteiger partial charge in [-0.2, -0.15) is 10.2 Å². The highest BCUT2D eigenvalue weighted by atomic mass is 16.1. The summed E-state index contributed by atoms with van der Waals surface area (Å²) >= 11 is 0.